The van der Waals surface area contributed by atoms with E-state index in [0.29, 0.717) is 17.1 Å². The average Bonchev–Trinajstić information content (AvgIpc) is 2.80. The summed E-state index contributed by atoms with van der Waals surface area (Å²) < 4.78 is 6.40. The number of fused-ring (bicyclic) bond motifs is 1. The Bertz CT molecular complexity index is 707. The molecule has 6 heteroatoms. The maximum Gasteiger partial charge on any atom is 0.332 e. The van der Waals surface area contributed by atoms with Gasteiger partial charge in [-0.25, -0.2) is 9.36 Å². The van der Waals surface area contributed by atoms with Gasteiger partial charge < -0.3 is 9.51 Å². The second kappa shape index (κ2) is 3.06. The number of nitrogens with zero attached hydrogens (tertiary/aromatic N) is 3. The van der Waals surface area contributed by atoms with Crippen LogP contribution >= 0.6 is 0 Å². The standard InChI is InChI=1S/C10H8N4O2/c1-6-4-9(13-16-6)14-8-2-3-11-5-7(8)12-10(14)15/h2-5H,1H3,(H,12,15). The number of pyridine rings is 1. The highest BCUT2D eigenvalue weighted by molar-refractivity contribution is 5.75. The van der Waals surface area contributed by atoms with E-state index in [-0.39, 0.29) is 5.69 Å². The fourth-order valence-corrected chi connectivity index (χ4v) is 1.65. The maximum absolute atomic E-state index is 11.7. The van der Waals surface area contributed by atoms with Crippen molar-refractivity contribution in [3.05, 3.63) is 40.8 Å². The van der Waals surface area contributed by atoms with Crippen LogP contribution in [0.25, 0.3) is 16.9 Å². The van der Waals surface area contributed by atoms with Crippen LogP contribution in [-0.4, -0.2) is 19.7 Å². The van der Waals surface area contributed by atoms with Crippen LogP contribution in [0.3, 0.4) is 0 Å². The molecule has 80 valence electrons. The zero-order chi connectivity index (χ0) is 11.1. The first-order valence-corrected chi connectivity index (χ1v) is 4.74. The smallest absolute Gasteiger partial charge is 0.332 e. The van der Waals surface area contributed by atoms with Crippen molar-refractivity contribution in [1.82, 2.24) is 19.7 Å². The Morgan fingerprint density at radius 1 is 1.50 bits per heavy atom. The van der Waals surface area contributed by atoms with Gasteiger partial charge >= 0.3 is 5.69 Å². The lowest BCUT2D eigenvalue weighted by Crippen LogP contribution is -2.14. The minimum Gasteiger partial charge on any atom is -0.360 e. The Morgan fingerprint density at radius 2 is 2.38 bits per heavy atom. The Labute approximate surface area is 89.5 Å². The van der Waals surface area contributed by atoms with Crippen LogP contribution in [0.2, 0.25) is 0 Å². The van der Waals surface area contributed by atoms with E-state index in [1.807, 2.05) is 0 Å². The Kier molecular flexibility index (Phi) is 1.70. The van der Waals surface area contributed by atoms with Gasteiger partial charge in [-0.3, -0.25) is 4.98 Å². The quantitative estimate of drug-likeness (QED) is 0.658. The fourth-order valence-electron chi connectivity index (χ4n) is 1.65. The first-order chi connectivity index (χ1) is 7.75. The number of rotatable bonds is 1. The fraction of sp³-hybridized carbons (Fsp3) is 0.100. The van der Waals surface area contributed by atoms with Crippen LogP contribution in [0.5, 0.6) is 0 Å². The second-order valence-electron chi connectivity index (χ2n) is 3.45. The van der Waals surface area contributed by atoms with Crippen LogP contribution in [0.4, 0.5) is 0 Å². The topological polar surface area (TPSA) is 76.7 Å². The summed E-state index contributed by atoms with van der Waals surface area (Å²) in [4.78, 5) is 18.4. The molecule has 0 atom stereocenters. The number of H-pyrrole nitrogens is 1. The SMILES string of the molecule is Cc1cc(-n2c(=O)[nH]c3cnccc32)no1. The van der Waals surface area contributed by atoms with Crippen molar-refractivity contribution >= 4 is 11.0 Å². The van der Waals surface area contributed by atoms with Crippen LogP contribution in [0, 0.1) is 6.92 Å². The van der Waals surface area contributed by atoms with E-state index >= 15 is 0 Å². The highest BCUT2D eigenvalue weighted by Crippen LogP contribution is 2.13. The third kappa shape index (κ3) is 1.16. The average molecular weight is 216 g/mol. The number of imidazole rings is 1. The molecular formula is C10H8N4O2. The molecule has 0 aromatic carbocycles. The molecule has 0 saturated heterocycles. The highest BCUT2D eigenvalue weighted by atomic mass is 16.5. The van der Waals surface area contributed by atoms with Gasteiger partial charge in [0.2, 0.25) is 0 Å². The second-order valence-corrected chi connectivity index (χ2v) is 3.45. The van der Waals surface area contributed by atoms with E-state index in [1.54, 1.807) is 31.5 Å². The van der Waals surface area contributed by atoms with Crippen molar-refractivity contribution in [3.63, 3.8) is 0 Å². The molecule has 0 radical (unpaired) electrons. The first-order valence-electron chi connectivity index (χ1n) is 4.74. The Hall–Kier alpha value is -2.37. The maximum atomic E-state index is 11.7. The van der Waals surface area contributed by atoms with Gasteiger partial charge in [-0.2, -0.15) is 0 Å². The van der Waals surface area contributed by atoms with Gasteiger partial charge in [0.15, 0.2) is 5.82 Å². The summed E-state index contributed by atoms with van der Waals surface area (Å²) in [5.41, 5.74) is 1.15. The monoisotopic (exact) mass is 216 g/mol. The van der Waals surface area contributed by atoms with Gasteiger partial charge in [0.25, 0.3) is 0 Å². The summed E-state index contributed by atoms with van der Waals surface area (Å²) in [6.45, 7) is 1.78. The molecule has 3 heterocycles. The third-order valence-corrected chi connectivity index (χ3v) is 2.33. The number of aryl methyl sites for hydroxylation is 1. The van der Waals surface area contributed by atoms with Crippen LogP contribution in [0.15, 0.2) is 33.8 Å². The molecule has 3 rings (SSSR count). The summed E-state index contributed by atoms with van der Waals surface area (Å²) >= 11 is 0. The summed E-state index contributed by atoms with van der Waals surface area (Å²) in [6, 6.07) is 3.45. The summed E-state index contributed by atoms with van der Waals surface area (Å²) in [5, 5.41) is 3.82. The molecule has 0 bridgehead atoms. The number of aromatic amines is 1. The van der Waals surface area contributed by atoms with Gasteiger partial charge in [0, 0.05) is 12.3 Å². The molecule has 3 aromatic rings. The summed E-state index contributed by atoms with van der Waals surface area (Å²) in [6.07, 6.45) is 3.22. The van der Waals surface area contributed by atoms with E-state index in [9.17, 15) is 4.79 Å². The van der Waals surface area contributed by atoms with E-state index in [2.05, 4.69) is 15.1 Å². The normalized spacial score (nSPS) is 11.1. The van der Waals surface area contributed by atoms with Crippen molar-refractivity contribution < 1.29 is 4.52 Å². The minimum absolute atomic E-state index is 0.253. The Balaban J connectivity index is 2.39. The molecule has 3 aromatic heterocycles. The number of aromatic nitrogens is 4. The lowest BCUT2D eigenvalue weighted by Gasteiger charge is -1.95. The molecule has 1 N–H and O–H groups in total. The first kappa shape index (κ1) is 8.90. The van der Waals surface area contributed by atoms with Gasteiger partial charge in [0.05, 0.1) is 17.2 Å². The molecule has 0 aliphatic rings. The Morgan fingerprint density at radius 3 is 3.12 bits per heavy atom. The van der Waals surface area contributed by atoms with E-state index in [4.69, 9.17) is 4.52 Å². The van der Waals surface area contributed by atoms with Crippen molar-refractivity contribution in [3.8, 4) is 5.82 Å². The summed E-state index contributed by atoms with van der Waals surface area (Å²) in [7, 11) is 0. The van der Waals surface area contributed by atoms with Crippen LogP contribution < -0.4 is 5.69 Å². The zero-order valence-electron chi connectivity index (χ0n) is 8.47. The third-order valence-electron chi connectivity index (χ3n) is 2.33. The number of nitrogens with one attached hydrogen (secondary N) is 1. The number of hydrogen-bond acceptors (Lipinski definition) is 4. The predicted molar refractivity (Wildman–Crippen MR) is 56.5 cm³/mol. The van der Waals surface area contributed by atoms with Crippen molar-refractivity contribution in [1.29, 1.82) is 0 Å². The molecule has 0 saturated carbocycles. The lowest BCUT2D eigenvalue weighted by molar-refractivity contribution is 0.395. The minimum atomic E-state index is -0.253. The highest BCUT2D eigenvalue weighted by Gasteiger charge is 2.11. The summed E-state index contributed by atoms with van der Waals surface area (Å²) in [5.74, 6) is 1.13. The number of hydrogen-bond donors (Lipinski definition) is 1. The molecule has 0 fully saturated rings. The van der Waals surface area contributed by atoms with Crippen molar-refractivity contribution in [2.24, 2.45) is 0 Å². The van der Waals surface area contributed by atoms with Crippen molar-refractivity contribution in [2.75, 3.05) is 0 Å². The van der Waals surface area contributed by atoms with Gasteiger partial charge in [-0.15, -0.1) is 0 Å². The molecular weight excluding hydrogens is 208 g/mol. The van der Waals surface area contributed by atoms with Crippen molar-refractivity contribution in [2.45, 2.75) is 6.92 Å². The van der Waals surface area contributed by atoms with E-state index in [0.717, 1.165) is 5.52 Å². The lowest BCUT2D eigenvalue weighted by atomic mass is 10.4. The van der Waals surface area contributed by atoms with Gasteiger partial charge in [0.1, 0.15) is 5.76 Å². The van der Waals surface area contributed by atoms with E-state index < -0.39 is 0 Å². The molecule has 0 spiro atoms. The van der Waals surface area contributed by atoms with Crippen LogP contribution in [0.1, 0.15) is 5.76 Å². The molecule has 6 nitrogen and oxygen atoms in total. The molecule has 0 amide bonds. The molecule has 0 aliphatic carbocycles. The predicted octanol–water partition coefficient (Wildman–Crippen LogP) is 1.01. The van der Waals surface area contributed by atoms with E-state index in [1.165, 1.54) is 4.57 Å². The van der Waals surface area contributed by atoms with Gasteiger partial charge in [-0.05, 0) is 13.0 Å². The molecule has 16 heavy (non-hydrogen) atoms. The molecule has 0 unspecified atom stereocenters. The van der Waals surface area contributed by atoms with Crippen LogP contribution in [-0.2, 0) is 0 Å². The zero-order valence-corrected chi connectivity index (χ0v) is 8.47. The van der Waals surface area contributed by atoms with Gasteiger partial charge in [-0.1, -0.05) is 5.16 Å². The molecule has 0 aliphatic heterocycles. The largest absolute Gasteiger partial charge is 0.360 e.